The van der Waals surface area contributed by atoms with Crippen LogP contribution < -0.4 is 0 Å². The van der Waals surface area contributed by atoms with Gasteiger partial charge in [-0.05, 0) is 37.3 Å². The minimum absolute atomic E-state index is 0.308. The third-order valence-electron chi connectivity index (χ3n) is 3.90. The van der Waals surface area contributed by atoms with Crippen molar-refractivity contribution in [2.75, 3.05) is 13.2 Å². The van der Waals surface area contributed by atoms with Crippen molar-refractivity contribution in [2.45, 2.75) is 73.4 Å². The maximum Gasteiger partial charge on any atom is 0.352 e. The van der Waals surface area contributed by atoms with Gasteiger partial charge >= 0.3 is 17.1 Å². The van der Waals surface area contributed by atoms with Gasteiger partial charge in [-0.25, -0.2) is 0 Å². The smallest absolute Gasteiger partial charge is 0.352 e. The second kappa shape index (κ2) is 10.7. The molecule has 3 unspecified atom stereocenters. The third kappa shape index (κ3) is 10.6. The summed E-state index contributed by atoms with van der Waals surface area (Å²) in [6.07, 6.45) is 4.55. The van der Waals surface area contributed by atoms with Crippen molar-refractivity contribution in [1.82, 2.24) is 0 Å². The first-order valence-electron chi connectivity index (χ1n) is 9.24. The van der Waals surface area contributed by atoms with E-state index >= 15 is 0 Å². The van der Waals surface area contributed by atoms with Crippen LogP contribution in [0.3, 0.4) is 0 Å². The van der Waals surface area contributed by atoms with Crippen LogP contribution in [0, 0.1) is 11.3 Å². The fourth-order valence-electron chi connectivity index (χ4n) is 2.70. The van der Waals surface area contributed by atoms with Gasteiger partial charge in [0, 0.05) is 13.2 Å². The lowest BCUT2D eigenvalue weighted by molar-refractivity contribution is 0.161. The molecule has 24 heavy (non-hydrogen) atoms. The summed E-state index contributed by atoms with van der Waals surface area (Å²) in [5, 5.41) is 0. The largest absolute Gasteiger partial charge is 0.409 e. The molecule has 0 heterocycles. The second-order valence-electron chi connectivity index (χ2n) is 8.28. The van der Waals surface area contributed by atoms with E-state index in [9.17, 15) is 0 Å². The summed E-state index contributed by atoms with van der Waals surface area (Å²) in [5.74, 6) is 0.488. The van der Waals surface area contributed by atoms with Crippen LogP contribution in [-0.2, 0) is 13.0 Å². The van der Waals surface area contributed by atoms with Gasteiger partial charge in [0.1, 0.15) is 0 Å². The first-order valence-corrected chi connectivity index (χ1v) is 14.0. The van der Waals surface area contributed by atoms with Crippen molar-refractivity contribution >= 4 is 17.1 Å². The molecule has 0 fully saturated rings. The second-order valence-corrected chi connectivity index (χ2v) is 14.6. The van der Waals surface area contributed by atoms with Gasteiger partial charge in [-0.2, -0.15) is 0 Å². The first kappa shape index (κ1) is 23.8. The highest BCUT2D eigenvalue weighted by Crippen LogP contribution is 2.26. The summed E-state index contributed by atoms with van der Waals surface area (Å²) in [6, 6.07) is 0. The lowest BCUT2D eigenvalue weighted by atomic mass is 9.86. The van der Waals surface area contributed by atoms with Crippen molar-refractivity contribution in [3.8, 4) is 0 Å². The van der Waals surface area contributed by atoms with Gasteiger partial charge in [0.15, 0.2) is 0 Å². The summed E-state index contributed by atoms with van der Waals surface area (Å²) < 4.78 is 18.7. The number of hydrogen-bond donors (Lipinski definition) is 0. The molecule has 0 saturated carbocycles. The van der Waals surface area contributed by atoms with E-state index in [4.69, 9.17) is 13.0 Å². The van der Waals surface area contributed by atoms with Crippen LogP contribution >= 0.6 is 0 Å². The van der Waals surface area contributed by atoms with E-state index in [1.54, 1.807) is 0 Å². The Hall–Kier alpha value is -0.206. The van der Waals surface area contributed by atoms with E-state index in [1.165, 1.54) is 12.8 Å². The average molecular weight is 373 g/mol. The van der Waals surface area contributed by atoms with Crippen molar-refractivity contribution in [1.29, 1.82) is 0 Å². The molecule has 5 heteroatoms. The maximum atomic E-state index is 6.38. The molecule has 3 nitrogen and oxygen atoms in total. The van der Waals surface area contributed by atoms with E-state index in [0.29, 0.717) is 17.9 Å². The Morgan fingerprint density at radius 3 is 2.00 bits per heavy atom. The normalized spacial score (nSPS) is 18.5. The topological polar surface area (TPSA) is 27.7 Å². The van der Waals surface area contributed by atoms with Crippen LogP contribution in [-0.4, -0.2) is 30.3 Å². The molecule has 0 aromatic carbocycles. The van der Waals surface area contributed by atoms with Crippen molar-refractivity contribution in [3.05, 3.63) is 24.6 Å². The van der Waals surface area contributed by atoms with Crippen LogP contribution in [0.4, 0.5) is 0 Å². The highest BCUT2D eigenvalue weighted by molar-refractivity contribution is 6.84. The molecule has 0 aliphatic heterocycles. The van der Waals surface area contributed by atoms with E-state index in [-0.39, 0.29) is 0 Å². The first-order chi connectivity index (χ1) is 11.0. The van der Waals surface area contributed by atoms with Gasteiger partial charge in [0.25, 0.3) is 0 Å². The Labute approximate surface area is 153 Å². The molecule has 0 aromatic rings. The molecule has 0 spiro atoms. The fraction of sp³-hybridized carbons (Fsp3) is 0.789. The molecule has 142 valence electrons. The molecule has 0 bridgehead atoms. The third-order valence-corrected chi connectivity index (χ3v) is 10.1. The van der Waals surface area contributed by atoms with Gasteiger partial charge in [-0.1, -0.05) is 58.9 Å². The molecular formula is C19H40O3Si2. The van der Waals surface area contributed by atoms with Crippen molar-refractivity contribution in [3.63, 3.8) is 0 Å². The van der Waals surface area contributed by atoms with E-state index < -0.39 is 17.1 Å². The molecule has 0 aliphatic carbocycles. The monoisotopic (exact) mass is 372 g/mol. The Kier molecular flexibility index (Phi) is 10.6. The SMILES string of the molecule is C=C[Si](C)(OCCCCC)O[Si](C)(C=C)OCC(C)CC(C)(C)C. The van der Waals surface area contributed by atoms with Crippen LogP contribution in [0.25, 0.3) is 0 Å². The van der Waals surface area contributed by atoms with Crippen molar-refractivity contribution in [2.24, 2.45) is 11.3 Å². The number of hydrogen-bond acceptors (Lipinski definition) is 3. The van der Waals surface area contributed by atoms with Crippen LogP contribution in [0.1, 0.15) is 60.3 Å². The van der Waals surface area contributed by atoms with Gasteiger partial charge in [0.05, 0.1) is 0 Å². The predicted molar refractivity (Wildman–Crippen MR) is 109 cm³/mol. The zero-order valence-corrected chi connectivity index (χ0v) is 19.1. The van der Waals surface area contributed by atoms with Gasteiger partial charge in [-0.15, -0.1) is 13.2 Å². The van der Waals surface area contributed by atoms with E-state index in [2.05, 4.69) is 47.8 Å². The molecule has 0 saturated heterocycles. The molecule has 0 amide bonds. The van der Waals surface area contributed by atoms with Crippen LogP contribution in [0.15, 0.2) is 24.6 Å². The summed E-state index contributed by atoms with van der Waals surface area (Å²) in [5.41, 5.74) is 4.03. The Morgan fingerprint density at radius 1 is 1.00 bits per heavy atom. The zero-order chi connectivity index (χ0) is 18.9. The summed E-state index contributed by atoms with van der Waals surface area (Å²) >= 11 is 0. The minimum atomic E-state index is -2.46. The highest BCUT2D eigenvalue weighted by Gasteiger charge is 2.40. The Bertz CT molecular complexity index is 381. The highest BCUT2D eigenvalue weighted by atomic mass is 28.5. The maximum absolute atomic E-state index is 6.38. The number of unbranched alkanes of at least 4 members (excludes halogenated alkanes) is 2. The molecule has 0 N–H and O–H groups in total. The Balaban J connectivity index is 4.65. The molecular weight excluding hydrogens is 332 g/mol. The summed E-state index contributed by atoms with van der Waals surface area (Å²) in [4.78, 5) is 0. The van der Waals surface area contributed by atoms with Gasteiger partial charge in [-0.3, -0.25) is 0 Å². The molecule has 0 rings (SSSR count). The zero-order valence-electron chi connectivity index (χ0n) is 17.1. The number of rotatable bonds is 13. The van der Waals surface area contributed by atoms with Gasteiger partial charge < -0.3 is 13.0 Å². The lowest BCUT2D eigenvalue weighted by Gasteiger charge is -2.34. The predicted octanol–water partition coefficient (Wildman–Crippen LogP) is 5.89. The summed E-state index contributed by atoms with van der Waals surface area (Å²) in [7, 11) is -4.88. The van der Waals surface area contributed by atoms with Crippen LogP contribution in [0.5, 0.6) is 0 Å². The molecule has 0 aromatic heterocycles. The Morgan fingerprint density at radius 2 is 1.54 bits per heavy atom. The average Bonchev–Trinajstić information content (AvgIpc) is 2.48. The molecule has 0 aliphatic rings. The summed E-state index contributed by atoms with van der Waals surface area (Å²) in [6.45, 7) is 24.6. The lowest BCUT2D eigenvalue weighted by Crippen LogP contribution is -2.51. The van der Waals surface area contributed by atoms with E-state index in [1.807, 2.05) is 24.5 Å². The van der Waals surface area contributed by atoms with Crippen molar-refractivity contribution < 1.29 is 13.0 Å². The standard InChI is InChI=1S/C19H40O3Si2/c1-10-13-14-15-20-23(8,11-2)22-24(9,12-3)21-17-18(4)16-19(5,6)7/h11-12,18H,2-3,10,13-17H2,1,4-9H3. The quantitative estimate of drug-likeness (QED) is 0.298. The van der Waals surface area contributed by atoms with Crippen LogP contribution in [0.2, 0.25) is 13.1 Å². The van der Waals surface area contributed by atoms with Gasteiger partial charge in [0.2, 0.25) is 0 Å². The molecule has 0 radical (unpaired) electrons. The minimum Gasteiger partial charge on any atom is -0.409 e. The fourth-order valence-corrected chi connectivity index (χ4v) is 8.46. The van der Waals surface area contributed by atoms with E-state index in [0.717, 1.165) is 19.4 Å². The molecule has 3 atom stereocenters.